The van der Waals surface area contributed by atoms with Crippen molar-refractivity contribution < 1.29 is 0 Å². The summed E-state index contributed by atoms with van der Waals surface area (Å²) in [6.45, 7) is 10.5. The first-order valence-electron chi connectivity index (χ1n) is 16.4. The molecule has 0 aliphatic heterocycles. The largest absolute Gasteiger partial charge is 0.310 e. The van der Waals surface area contributed by atoms with Crippen LogP contribution in [0.2, 0.25) is 0 Å². The van der Waals surface area contributed by atoms with Gasteiger partial charge in [0.1, 0.15) is 0 Å². The standard InChI is InChI=1S/C43H32N2.C2H6/c1-3-17-33-32(4-2)42(45-40-26-15-13-24-36(40)37-25-14-16-27-41(37)45)28-39-34-22-11-12-23-35(34)43(29-38(33)39)44(30-18-7-5-8-19-30)31-20-9-6-10-21-31;1-2/h3-29H,2H2,1H3;1-2H3/b17-3-;. The summed E-state index contributed by atoms with van der Waals surface area (Å²) in [4.78, 5) is 2.37. The van der Waals surface area contributed by atoms with E-state index < -0.39 is 0 Å². The molecule has 2 heteroatoms. The molecule has 1 heterocycles. The van der Waals surface area contributed by atoms with Gasteiger partial charge in [-0.25, -0.2) is 0 Å². The number of allylic oxidation sites excluding steroid dienone is 1. The van der Waals surface area contributed by atoms with Crippen LogP contribution in [-0.4, -0.2) is 4.57 Å². The molecule has 228 valence electrons. The molecule has 0 amide bonds. The highest BCUT2D eigenvalue weighted by Crippen LogP contribution is 2.45. The van der Waals surface area contributed by atoms with Crippen LogP contribution >= 0.6 is 0 Å². The number of nitrogens with zero attached hydrogens (tertiary/aromatic N) is 2. The molecule has 0 N–H and O–H groups in total. The summed E-state index contributed by atoms with van der Waals surface area (Å²) in [5.41, 5.74) is 9.15. The molecule has 0 aliphatic rings. The Hall–Kier alpha value is -5.86. The minimum absolute atomic E-state index is 1.11. The number of hydrogen-bond acceptors (Lipinski definition) is 1. The minimum Gasteiger partial charge on any atom is -0.310 e. The van der Waals surface area contributed by atoms with Crippen molar-refractivity contribution >= 4 is 72.6 Å². The van der Waals surface area contributed by atoms with Crippen LogP contribution in [-0.2, 0) is 0 Å². The van der Waals surface area contributed by atoms with E-state index in [1.165, 1.54) is 43.4 Å². The molecular weight excluding hydrogens is 569 g/mol. The van der Waals surface area contributed by atoms with Crippen molar-refractivity contribution in [2.24, 2.45) is 0 Å². The zero-order valence-corrected chi connectivity index (χ0v) is 27.2. The Morgan fingerprint density at radius 2 is 1.00 bits per heavy atom. The molecular formula is C45H38N2. The quantitative estimate of drug-likeness (QED) is 0.171. The Morgan fingerprint density at radius 3 is 1.53 bits per heavy atom. The molecule has 0 radical (unpaired) electrons. The van der Waals surface area contributed by atoms with Gasteiger partial charge in [-0.15, -0.1) is 0 Å². The minimum atomic E-state index is 1.11. The van der Waals surface area contributed by atoms with E-state index in [0.29, 0.717) is 0 Å². The first-order valence-corrected chi connectivity index (χ1v) is 16.4. The van der Waals surface area contributed by atoms with Crippen molar-refractivity contribution in [3.05, 3.63) is 169 Å². The smallest absolute Gasteiger partial charge is 0.0546 e. The predicted octanol–water partition coefficient (Wildman–Crippen LogP) is 13.3. The highest BCUT2D eigenvalue weighted by atomic mass is 15.1. The van der Waals surface area contributed by atoms with Crippen molar-refractivity contribution in [2.75, 3.05) is 4.90 Å². The maximum absolute atomic E-state index is 4.37. The van der Waals surface area contributed by atoms with E-state index in [9.17, 15) is 0 Å². The highest BCUT2D eigenvalue weighted by Gasteiger charge is 2.21. The summed E-state index contributed by atoms with van der Waals surface area (Å²) >= 11 is 0. The third-order valence-corrected chi connectivity index (χ3v) is 8.83. The number of fused-ring (bicyclic) bond motifs is 6. The van der Waals surface area contributed by atoms with Crippen molar-refractivity contribution in [3.63, 3.8) is 0 Å². The average molecular weight is 607 g/mol. The van der Waals surface area contributed by atoms with E-state index in [2.05, 4.69) is 181 Å². The summed E-state index contributed by atoms with van der Waals surface area (Å²) in [5, 5.41) is 7.31. The SMILES string of the molecule is C=Cc1c(-n2c3ccccc3c3ccccc32)cc2c(cc(N(c3ccccc3)c3ccccc3)c3ccccc32)c1/C=C\C.CC. The second kappa shape index (κ2) is 12.9. The van der Waals surface area contributed by atoms with Gasteiger partial charge in [-0.1, -0.05) is 136 Å². The van der Waals surface area contributed by atoms with Crippen LogP contribution in [0.3, 0.4) is 0 Å². The van der Waals surface area contributed by atoms with Crippen LogP contribution in [0.4, 0.5) is 17.1 Å². The van der Waals surface area contributed by atoms with Crippen molar-refractivity contribution in [2.45, 2.75) is 20.8 Å². The van der Waals surface area contributed by atoms with Gasteiger partial charge in [0.15, 0.2) is 0 Å². The van der Waals surface area contributed by atoms with Gasteiger partial charge in [0, 0.05) is 33.1 Å². The van der Waals surface area contributed by atoms with E-state index in [0.717, 1.165) is 33.9 Å². The molecule has 0 fully saturated rings. The Morgan fingerprint density at radius 1 is 0.511 bits per heavy atom. The zero-order valence-electron chi connectivity index (χ0n) is 27.2. The summed E-state index contributed by atoms with van der Waals surface area (Å²) in [6, 6.07) is 52.2. The molecule has 0 aliphatic carbocycles. The molecule has 8 aromatic rings. The van der Waals surface area contributed by atoms with E-state index >= 15 is 0 Å². The molecule has 0 spiro atoms. The van der Waals surface area contributed by atoms with Gasteiger partial charge in [-0.05, 0) is 77.2 Å². The lowest BCUT2D eigenvalue weighted by Gasteiger charge is -2.28. The number of rotatable bonds is 6. The molecule has 7 aromatic carbocycles. The van der Waals surface area contributed by atoms with Gasteiger partial charge in [0.05, 0.1) is 22.4 Å². The Kier molecular flexibility index (Phi) is 8.16. The van der Waals surface area contributed by atoms with Crippen molar-refractivity contribution in [1.29, 1.82) is 0 Å². The third-order valence-electron chi connectivity index (χ3n) is 8.83. The van der Waals surface area contributed by atoms with Gasteiger partial charge in [0.25, 0.3) is 0 Å². The second-order valence-corrected chi connectivity index (χ2v) is 11.3. The molecule has 0 unspecified atom stereocenters. The van der Waals surface area contributed by atoms with Crippen LogP contribution in [0.1, 0.15) is 31.9 Å². The fraction of sp³-hybridized carbons (Fsp3) is 0.0667. The van der Waals surface area contributed by atoms with Gasteiger partial charge in [-0.2, -0.15) is 0 Å². The van der Waals surface area contributed by atoms with Crippen LogP contribution in [0.15, 0.2) is 158 Å². The lowest BCUT2D eigenvalue weighted by Crippen LogP contribution is -2.10. The zero-order chi connectivity index (χ0) is 32.3. The molecule has 47 heavy (non-hydrogen) atoms. The normalized spacial score (nSPS) is 11.3. The van der Waals surface area contributed by atoms with E-state index in [4.69, 9.17) is 0 Å². The van der Waals surface area contributed by atoms with E-state index in [-0.39, 0.29) is 0 Å². The van der Waals surface area contributed by atoms with Gasteiger partial charge in [-0.3, -0.25) is 0 Å². The molecule has 2 nitrogen and oxygen atoms in total. The van der Waals surface area contributed by atoms with Gasteiger partial charge < -0.3 is 9.47 Å². The number of para-hydroxylation sites is 4. The summed E-state index contributed by atoms with van der Waals surface area (Å²) < 4.78 is 2.41. The van der Waals surface area contributed by atoms with Gasteiger partial charge in [0.2, 0.25) is 0 Å². The average Bonchev–Trinajstić information content (AvgIpc) is 3.48. The molecule has 0 saturated heterocycles. The van der Waals surface area contributed by atoms with Crippen molar-refractivity contribution in [3.8, 4) is 5.69 Å². The Balaban J connectivity index is 0.00000172. The summed E-state index contributed by atoms with van der Waals surface area (Å²) in [5.74, 6) is 0. The molecule has 0 bridgehead atoms. The van der Waals surface area contributed by atoms with Crippen LogP contribution < -0.4 is 4.90 Å². The number of anilines is 3. The lowest BCUT2D eigenvalue weighted by molar-refractivity contribution is 1.18. The lowest BCUT2D eigenvalue weighted by atomic mass is 9.91. The molecule has 0 atom stereocenters. The molecule has 8 rings (SSSR count). The maximum atomic E-state index is 4.37. The number of hydrogen-bond donors (Lipinski definition) is 0. The third kappa shape index (κ3) is 4.99. The van der Waals surface area contributed by atoms with Crippen LogP contribution in [0.25, 0.3) is 61.2 Å². The topological polar surface area (TPSA) is 8.17 Å². The van der Waals surface area contributed by atoms with Crippen LogP contribution in [0.5, 0.6) is 0 Å². The number of aromatic nitrogens is 1. The fourth-order valence-corrected chi connectivity index (χ4v) is 6.95. The maximum Gasteiger partial charge on any atom is 0.0546 e. The van der Waals surface area contributed by atoms with E-state index in [1.807, 2.05) is 19.9 Å². The fourth-order valence-electron chi connectivity index (χ4n) is 6.95. The van der Waals surface area contributed by atoms with Gasteiger partial charge >= 0.3 is 0 Å². The Bertz CT molecular complexity index is 2300. The summed E-state index contributed by atoms with van der Waals surface area (Å²) in [6.07, 6.45) is 6.40. The van der Waals surface area contributed by atoms with Crippen molar-refractivity contribution in [1.82, 2.24) is 4.57 Å². The monoisotopic (exact) mass is 606 g/mol. The summed E-state index contributed by atoms with van der Waals surface area (Å²) in [7, 11) is 0. The predicted molar refractivity (Wildman–Crippen MR) is 207 cm³/mol. The first-order chi connectivity index (χ1) is 23.3. The molecule has 1 aromatic heterocycles. The first kappa shape index (κ1) is 29.8. The van der Waals surface area contributed by atoms with Crippen LogP contribution in [0, 0.1) is 0 Å². The van der Waals surface area contributed by atoms with E-state index in [1.54, 1.807) is 0 Å². The highest BCUT2D eigenvalue weighted by molar-refractivity contribution is 6.18. The second-order valence-electron chi connectivity index (χ2n) is 11.3. The molecule has 0 saturated carbocycles. The number of benzene rings is 7. The Labute approximate surface area is 277 Å².